The molecule has 35 heavy (non-hydrogen) atoms. The number of amides is 1. The summed E-state index contributed by atoms with van der Waals surface area (Å²) in [4.78, 5) is 51.7. The first-order chi connectivity index (χ1) is 16.5. The van der Waals surface area contributed by atoms with E-state index in [4.69, 9.17) is 4.74 Å². The van der Waals surface area contributed by atoms with Crippen molar-refractivity contribution in [1.82, 2.24) is 4.31 Å². The molecule has 8 nitrogen and oxygen atoms in total. The van der Waals surface area contributed by atoms with Crippen LogP contribution in [0.5, 0.6) is 0 Å². The first-order valence-electron chi connectivity index (χ1n) is 11.3. The van der Waals surface area contributed by atoms with E-state index in [0.29, 0.717) is 9.87 Å². The van der Waals surface area contributed by atoms with Gasteiger partial charge in [-0.1, -0.05) is 48.0 Å². The lowest BCUT2D eigenvalue weighted by Crippen LogP contribution is -2.60. The van der Waals surface area contributed by atoms with Crippen molar-refractivity contribution in [1.29, 1.82) is 0 Å². The Morgan fingerprint density at radius 2 is 1.63 bits per heavy atom. The summed E-state index contributed by atoms with van der Waals surface area (Å²) >= 11 is 0. The molecule has 2 aromatic carbocycles. The summed E-state index contributed by atoms with van der Waals surface area (Å²) in [6.07, 6.45) is -0.667. The lowest BCUT2D eigenvalue weighted by Gasteiger charge is -2.44. The van der Waals surface area contributed by atoms with Gasteiger partial charge >= 0.3 is 5.97 Å². The zero-order valence-electron chi connectivity index (χ0n) is 20.0. The molecule has 1 amide bonds. The zero-order chi connectivity index (χ0) is 25.8. The van der Waals surface area contributed by atoms with Crippen LogP contribution in [0.3, 0.4) is 0 Å². The van der Waals surface area contributed by atoms with Crippen LogP contribution in [0.1, 0.15) is 44.2 Å². The minimum Gasteiger partial charge on any atom is -0.460 e. The Kier molecular flexibility index (Phi) is 7.90. The van der Waals surface area contributed by atoms with Crippen LogP contribution in [0.4, 0.5) is 0 Å². The van der Waals surface area contributed by atoms with Crippen LogP contribution in [0.25, 0.3) is 0 Å². The predicted molar refractivity (Wildman–Crippen MR) is 127 cm³/mol. The number of nitrogens with zero attached hydrogens (tertiary/aromatic N) is 1. The first-order valence-corrected chi connectivity index (χ1v) is 12.8. The van der Waals surface area contributed by atoms with Gasteiger partial charge in [-0.25, -0.2) is 12.7 Å². The molecule has 0 bridgehead atoms. The van der Waals surface area contributed by atoms with Gasteiger partial charge in [0.25, 0.3) is 15.9 Å². The topological polar surface area (TPSA) is 115 Å². The van der Waals surface area contributed by atoms with Crippen molar-refractivity contribution in [3.8, 4) is 0 Å². The molecule has 2 aromatic rings. The molecule has 0 saturated carbocycles. The number of piperidine rings is 1. The van der Waals surface area contributed by atoms with Gasteiger partial charge in [-0.05, 0) is 50.8 Å². The third-order valence-corrected chi connectivity index (χ3v) is 8.03. The summed E-state index contributed by atoms with van der Waals surface area (Å²) < 4.78 is 33.0. The molecule has 1 heterocycles. The Labute approximate surface area is 205 Å². The van der Waals surface area contributed by atoms with Crippen LogP contribution in [-0.4, -0.2) is 42.7 Å². The van der Waals surface area contributed by atoms with E-state index in [0.717, 1.165) is 5.56 Å². The van der Waals surface area contributed by atoms with E-state index in [2.05, 4.69) is 0 Å². The average molecular weight is 500 g/mol. The molecule has 1 saturated heterocycles. The number of ketones is 2. The van der Waals surface area contributed by atoms with Crippen molar-refractivity contribution in [2.24, 2.45) is 11.3 Å². The second-order valence-electron chi connectivity index (χ2n) is 9.00. The van der Waals surface area contributed by atoms with Crippen molar-refractivity contribution in [3.63, 3.8) is 0 Å². The van der Waals surface area contributed by atoms with Gasteiger partial charge in [-0.15, -0.1) is 0 Å². The Balaban J connectivity index is 2.06. The molecule has 0 unspecified atom stereocenters. The van der Waals surface area contributed by atoms with Crippen molar-refractivity contribution in [2.75, 3.05) is 6.54 Å². The van der Waals surface area contributed by atoms with Gasteiger partial charge in [0.2, 0.25) is 0 Å². The number of ether oxygens (including phenoxy) is 1. The molecule has 1 aliphatic rings. The smallest absolute Gasteiger partial charge is 0.322 e. The number of hydrogen-bond donors (Lipinski definition) is 0. The largest absolute Gasteiger partial charge is 0.460 e. The van der Waals surface area contributed by atoms with Gasteiger partial charge in [0.05, 0.1) is 4.90 Å². The highest BCUT2D eigenvalue weighted by atomic mass is 32.2. The molecule has 1 aliphatic heterocycles. The number of carbonyl (C=O) groups excluding carboxylic acids is 4. The second kappa shape index (κ2) is 10.5. The lowest BCUT2D eigenvalue weighted by atomic mass is 9.66. The number of rotatable bonds is 9. The monoisotopic (exact) mass is 499 g/mol. The lowest BCUT2D eigenvalue weighted by molar-refractivity contribution is -0.174. The van der Waals surface area contributed by atoms with Crippen molar-refractivity contribution < 1.29 is 32.3 Å². The summed E-state index contributed by atoms with van der Waals surface area (Å²) in [6.45, 7) is 3.98. The van der Waals surface area contributed by atoms with Gasteiger partial charge in [0, 0.05) is 19.4 Å². The molecule has 0 aliphatic carbocycles. The van der Waals surface area contributed by atoms with Gasteiger partial charge in [0.15, 0.2) is 5.41 Å². The van der Waals surface area contributed by atoms with Crippen LogP contribution in [0.2, 0.25) is 0 Å². The number of aryl methyl sites for hydroxylation is 1. The Bertz CT molecular complexity index is 1220. The van der Waals surface area contributed by atoms with Crippen LogP contribution >= 0.6 is 0 Å². The summed E-state index contributed by atoms with van der Waals surface area (Å²) in [5.74, 6) is -3.68. The van der Waals surface area contributed by atoms with E-state index in [-0.39, 0.29) is 36.7 Å². The quantitative estimate of drug-likeness (QED) is 0.384. The minimum atomic E-state index is -4.31. The molecule has 186 valence electrons. The molecule has 0 spiro atoms. The van der Waals surface area contributed by atoms with Gasteiger partial charge in [0.1, 0.15) is 18.2 Å². The van der Waals surface area contributed by atoms with Gasteiger partial charge in [-0.2, -0.15) is 0 Å². The second-order valence-corrected chi connectivity index (χ2v) is 10.9. The van der Waals surface area contributed by atoms with E-state index >= 15 is 0 Å². The van der Waals surface area contributed by atoms with Crippen LogP contribution < -0.4 is 0 Å². The minimum absolute atomic E-state index is 0.0458. The maximum atomic E-state index is 13.9. The fourth-order valence-corrected chi connectivity index (χ4v) is 5.96. The highest BCUT2D eigenvalue weighted by Gasteiger charge is 2.60. The number of Topliss-reactive ketones (excluding diaryl/α,β-unsaturated/α-hetero) is 2. The highest BCUT2D eigenvalue weighted by molar-refractivity contribution is 7.89. The molecule has 0 aromatic heterocycles. The predicted octanol–water partition coefficient (Wildman–Crippen LogP) is 3.22. The summed E-state index contributed by atoms with van der Waals surface area (Å²) in [5.41, 5.74) is -0.623. The molecule has 9 heteroatoms. The van der Waals surface area contributed by atoms with E-state index in [1.54, 1.807) is 49.4 Å². The van der Waals surface area contributed by atoms with Gasteiger partial charge in [-0.3, -0.25) is 14.4 Å². The SMILES string of the molecule is CC(=O)C[C@H]1CCN(S(=O)(=O)c2ccc(C)cc2)C(=O)[C@]1(CC(C)=O)C(=O)OCc1ccccc1. The van der Waals surface area contributed by atoms with Crippen LogP contribution in [-0.2, 0) is 40.5 Å². The third kappa shape index (κ3) is 5.51. The summed E-state index contributed by atoms with van der Waals surface area (Å²) in [6, 6.07) is 14.8. The van der Waals surface area contributed by atoms with Crippen LogP contribution in [0, 0.1) is 18.3 Å². The molecular weight excluding hydrogens is 470 g/mol. The number of carbonyl (C=O) groups is 4. The normalized spacial score (nSPS) is 20.4. The maximum absolute atomic E-state index is 13.9. The van der Waals surface area contributed by atoms with E-state index in [9.17, 15) is 27.6 Å². The molecule has 0 radical (unpaired) electrons. The number of benzene rings is 2. The van der Waals surface area contributed by atoms with E-state index in [1.807, 2.05) is 0 Å². The molecule has 1 fully saturated rings. The standard InChI is InChI=1S/C26H29NO7S/c1-18-9-11-23(12-10-18)35(32,33)27-14-13-22(15-19(2)28)26(24(27)30,16-20(3)29)25(31)34-17-21-7-5-4-6-8-21/h4-12,22H,13-17H2,1-3H3/t22-,26-/m1/s1. The van der Waals surface area contributed by atoms with E-state index in [1.165, 1.54) is 26.0 Å². The Morgan fingerprint density at radius 3 is 2.20 bits per heavy atom. The van der Waals surface area contributed by atoms with Crippen molar-refractivity contribution in [3.05, 3.63) is 65.7 Å². The Morgan fingerprint density at radius 1 is 1.00 bits per heavy atom. The Hall–Kier alpha value is -3.33. The number of hydrogen-bond acceptors (Lipinski definition) is 7. The van der Waals surface area contributed by atoms with Crippen LogP contribution in [0.15, 0.2) is 59.5 Å². The summed E-state index contributed by atoms with van der Waals surface area (Å²) in [7, 11) is -4.31. The fraction of sp³-hybridized carbons (Fsp3) is 0.385. The van der Waals surface area contributed by atoms with Crippen molar-refractivity contribution >= 4 is 33.5 Å². The average Bonchev–Trinajstić information content (AvgIpc) is 2.80. The fourth-order valence-electron chi connectivity index (χ4n) is 4.50. The molecule has 3 rings (SSSR count). The molecule has 2 atom stereocenters. The molecule has 0 N–H and O–H groups in total. The summed E-state index contributed by atoms with van der Waals surface area (Å²) in [5, 5.41) is 0. The van der Waals surface area contributed by atoms with Crippen molar-refractivity contribution in [2.45, 2.75) is 51.5 Å². The first kappa shape index (κ1) is 26.3. The number of esters is 1. The van der Waals surface area contributed by atoms with Gasteiger partial charge < -0.3 is 9.53 Å². The zero-order valence-corrected chi connectivity index (χ0v) is 20.8. The highest BCUT2D eigenvalue weighted by Crippen LogP contribution is 2.45. The maximum Gasteiger partial charge on any atom is 0.322 e. The number of sulfonamides is 1. The third-order valence-electron chi connectivity index (χ3n) is 6.23. The molecular formula is C26H29NO7S. The van der Waals surface area contributed by atoms with E-state index < -0.39 is 45.4 Å².